The predicted octanol–water partition coefficient (Wildman–Crippen LogP) is 3.43. The van der Waals surface area contributed by atoms with Crippen molar-refractivity contribution in [1.29, 1.82) is 0 Å². The van der Waals surface area contributed by atoms with Gasteiger partial charge in [-0.1, -0.05) is 51.1 Å². The molecule has 0 radical (unpaired) electrons. The third kappa shape index (κ3) is 3.81. The van der Waals surface area contributed by atoms with Crippen molar-refractivity contribution in [2.75, 3.05) is 18.9 Å². The van der Waals surface area contributed by atoms with Gasteiger partial charge in [0.2, 0.25) is 5.91 Å². The highest BCUT2D eigenvalue weighted by Crippen LogP contribution is 2.38. The maximum Gasteiger partial charge on any atom is 0.328 e. The molecule has 1 saturated heterocycles. The summed E-state index contributed by atoms with van der Waals surface area (Å²) in [4.78, 5) is 36.3. The second-order valence-electron chi connectivity index (χ2n) is 9.14. The van der Waals surface area contributed by atoms with Crippen LogP contribution in [0.15, 0.2) is 42.9 Å². The van der Waals surface area contributed by atoms with E-state index in [0.717, 1.165) is 16.5 Å². The highest BCUT2D eigenvalue weighted by atomic mass is 16.5. The number of amides is 1. The van der Waals surface area contributed by atoms with Crippen LogP contribution in [0, 0.1) is 5.41 Å². The summed E-state index contributed by atoms with van der Waals surface area (Å²) in [6.07, 6.45) is 3.89. The van der Waals surface area contributed by atoms with Crippen molar-refractivity contribution >= 4 is 28.7 Å². The van der Waals surface area contributed by atoms with Crippen LogP contribution < -0.4 is 5.73 Å². The second-order valence-corrected chi connectivity index (χ2v) is 9.14. The minimum absolute atomic E-state index is 0.0769. The Morgan fingerprint density at radius 2 is 1.91 bits per heavy atom. The molecule has 0 unspecified atom stereocenters. The van der Waals surface area contributed by atoms with Crippen LogP contribution in [0.3, 0.4) is 0 Å². The normalized spacial score (nSPS) is 18.8. The fourth-order valence-corrected chi connectivity index (χ4v) is 4.36. The third-order valence-corrected chi connectivity index (χ3v) is 5.86. The first-order valence-corrected chi connectivity index (χ1v) is 10.9. The van der Waals surface area contributed by atoms with Crippen molar-refractivity contribution < 1.29 is 14.3 Å². The van der Waals surface area contributed by atoms with Gasteiger partial charge in [-0.2, -0.15) is 0 Å². The Kier molecular flexibility index (Phi) is 5.62. The first kappa shape index (κ1) is 21.8. The van der Waals surface area contributed by atoms with Crippen molar-refractivity contribution in [1.82, 2.24) is 19.4 Å². The van der Waals surface area contributed by atoms with Gasteiger partial charge in [-0.05, 0) is 12.5 Å². The molecule has 4 rings (SSSR count). The standard InChI is InChI=1S/C24H29N5O3/c1-5-32-22(30)18-11-16(12-29(18)23(31)24(2,3)4)28-13-17(15-9-7-6-8-10-15)19-20(25)26-14-27-21(19)28/h6-10,13-14,16,18H,5,11-12H2,1-4H3,(H2,25,26,27)/t16-,18-/m1/s1. The van der Waals surface area contributed by atoms with Gasteiger partial charge in [0, 0.05) is 30.1 Å². The van der Waals surface area contributed by atoms with Crippen LogP contribution in [0.5, 0.6) is 0 Å². The number of carbonyl (C=O) groups excluding carboxylic acids is 2. The molecule has 0 aliphatic carbocycles. The molecule has 3 aromatic rings. The van der Waals surface area contributed by atoms with Crippen LogP contribution in [0.4, 0.5) is 5.82 Å². The number of hydrogen-bond donors (Lipinski definition) is 1. The van der Waals surface area contributed by atoms with Gasteiger partial charge in [-0.15, -0.1) is 0 Å². The van der Waals surface area contributed by atoms with Gasteiger partial charge in [0.25, 0.3) is 0 Å². The van der Waals surface area contributed by atoms with E-state index in [2.05, 4.69) is 9.97 Å². The molecule has 32 heavy (non-hydrogen) atoms. The average Bonchev–Trinajstić information content (AvgIpc) is 3.36. The lowest BCUT2D eigenvalue weighted by atomic mass is 9.94. The minimum atomic E-state index is -0.636. The summed E-state index contributed by atoms with van der Waals surface area (Å²) in [5.41, 5.74) is 8.25. The van der Waals surface area contributed by atoms with E-state index < -0.39 is 11.5 Å². The Labute approximate surface area is 187 Å². The van der Waals surface area contributed by atoms with E-state index in [1.54, 1.807) is 11.8 Å². The van der Waals surface area contributed by atoms with E-state index >= 15 is 0 Å². The van der Waals surface area contributed by atoms with E-state index in [1.165, 1.54) is 6.33 Å². The third-order valence-electron chi connectivity index (χ3n) is 5.86. The Morgan fingerprint density at radius 3 is 2.56 bits per heavy atom. The summed E-state index contributed by atoms with van der Waals surface area (Å²) in [6, 6.07) is 9.13. The Morgan fingerprint density at radius 1 is 1.19 bits per heavy atom. The van der Waals surface area contributed by atoms with E-state index in [-0.39, 0.29) is 24.5 Å². The Hall–Kier alpha value is -3.42. The fourth-order valence-electron chi connectivity index (χ4n) is 4.36. The number of fused-ring (bicyclic) bond motifs is 1. The number of nitrogens with two attached hydrogens (primary N) is 1. The largest absolute Gasteiger partial charge is 0.464 e. The number of anilines is 1. The van der Waals surface area contributed by atoms with Crippen LogP contribution in [0.25, 0.3) is 22.2 Å². The van der Waals surface area contributed by atoms with Crippen LogP contribution in [0.1, 0.15) is 40.2 Å². The zero-order valence-electron chi connectivity index (χ0n) is 18.9. The molecule has 0 saturated carbocycles. The van der Waals surface area contributed by atoms with Gasteiger partial charge >= 0.3 is 5.97 Å². The lowest BCUT2D eigenvalue weighted by molar-refractivity contribution is -0.155. The van der Waals surface area contributed by atoms with Crippen LogP contribution >= 0.6 is 0 Å². The molecular weight excluding hydrogens is 406 g/mol. The molecule has 2 atom stereocenters. The molecule has 1 aliphatic rings. The van der Waals surface area contributed by atoms with Crippen molar-refractivity contribution in [3.8, 4) is 11.1 Å². The predicted molar refractivity (Wildman–Crippen MR) is 123 cm³/mol. The summed E-state index contributed by atoms with van der Waals surface area (Å²) >= 11 is 0. The number of hydrogen-bond acceptors (Lipinski definition) is 6. The maximum atomic E-state index is 13.2. The SMILES string of the molecule is CCOC(=O)[C@H]1C[C@@H](n2cc(-c3ccccc3)c3c(N)ncnc32)CN1C(=O)C(C)(C)C. The maximum absolute atomic E-state index is 13.2. The summed E-state index contributed by atoms with van der Waals surface area (Å²) < 4.78 is 7.32. The van der Waals surface area contributed by atoms with Gasteiger partial charge < -0.3 is 19.9 Å². The van der Waals surface area contributed by atoms with Crippen molar-refractivity contribution in [3.05, 3.63) is 42.9 Å². The molecule has 2 aromatic heterocycles. The first-order chi connectivity index (χ1) is 15.2. The van der Waals surface area contributed by atoms with Crippen LogP contribution in [0.2, 0.25) is 0 Å². The van der Waals surface area contributed by atoms with Gasteiger partial charge in [0.05, 0.1) is 18.0 Å². The number of esters is 1. The Balaban J connectivity index is 1.80. The molecule has 8 heteroatoms. The molecular formula is C24H29N5O3. The lowest BCUT2D eigenvalue weighted by Crippen LogP contribution is -2.46. The number of aromatic nitrogens is 3. The number of nitrogens with zero attached hydrogens (tertiary/aromatic N) is 4. The molecule has 0 bridgehead atoms. The molecule has 1 aliphatic heterocycles. The molecule has 1 aromatic carbocycles. The highest BCUT2D eigenvalue weighted by molar-refractivity contribution is 6.00. The molecule has 1 amide bonds. The smallest absolute Gasteiger partial charge is 0.328 e. The van der Waals surface area contributed by atoms with Gasteiger partial charge in [-0.25, -0.2) is 14.8 Å². The molecule has 8 nitrogen and oxygen atoms in total. The topological polar surface area (TPSA) is 103 Å². The minimum Gasteiger partial charge on any atom is -0.464 e. The monoisotopic (exact) mass is 435 g/mol. The van der Waals surface area contributed by atoms with Gasteiger partial charge in [0.15, 0.2) is 0 Å². The van der Waals surface area contributed by atoms with Gasteiger partial charge in [-0.3, -0.25) is 4.79 Å². The first-order valence-electron chi connectivity index (χ1n) is 10.9. The molecule has 3 heterocycles. The second kappa shape index (κ2) is 8.26. The molecule has 168 valence electrons. The average molecular weight is 436 g/mol. The molecule has 2 N–H and O–H groups in total. The van der Waals surface area contributed by atoms with Gasteiger partial charge in [0.1, 0.15) is 23.8 Å². The quantitative estimate of drug-likeness (QED) is 0.630. The molecule has 1 fully saturated rings. The number of carbonyl (C=O) groups is 2. The van der Waals surface area contributed by atoms with E-state index in [1.807, 2.05) is 61.9 Å². The number of likely N-dealkylation sites (tertiary alicyclic amines) is 1. The number of benzene rings is 1. The zero-order valence-corrected chi connectivity index (χ0v) is 18.9. The summed E-state index contributed by atoms with van der Waals surface area (Å²) in [5, 5.41) is 0.770. The van der Waals surface area contributed by atoms with Crippen molar-refractivity contribution in [3.63, 3.8) is 0 Å². The summed E-state index contributed by atoms with van der Waals surface area (Å²) in [7, 11) is 0. The van der Waals surface area contributed by atoms with Crippen molar-refractivity contribution in [2.24, 2.45) is 5.41 Å². The van der Waals surface area contributed by atoms with Crippen molar-refractivity contribution in [2.45, 2.75) is 46.2 Å². The van der Waals surface area contributed by atoms with E-state index in [9.17, 15) is 9.59 Å². The summed E-state index contributed by atoms with van der Waals surface area (Å²) in [5.74, 6) is -0.0522. The van der Waals surface area contributed by atoms with E-state index in [4.69, 9.17) is 10.5 Å². The van der Waals surface area contributed by atoms with Crippen LogP contribution in [-0.4, -0.2) is 50.5 Å². The highest BCUT2D eigenvalue weighted by Gasteiger charge is 2.44. The fraction of sp³-hybridized carbons (Fsp3) is 0.417. The van der Waals surface area contributed by atoms with Crippen LogP contribution in [-0.2, 0) is 14.3 Å². The number of rotatable bonds is 4. The molecule has 0 spiro atoms. The number of ether oxygens (including phenoxy) is 1. The zero-order chi connectivity index (χ0) is 23.0. The summed E-state index contributed by atoms with van der Waals surface area (Å²) in [6.45, 7) is 8.01. The van der Waals surface area contributed by atoms with E-state index in [0.29, 0.717) is 24.4 Å². The lowest BCUT2D eigenvalue weighted by Gasteiger charge is -2.29. The Bertz CT molecular complexity index is 1150. The number of nitrogen functional groups attached to an aromatic ring is 1.